The number of aryl methyl sites for hydroxylation is 1. The number of phenols is 4. The van der Waals surface area contributed by atoms with E-state index in [4.69, 9.17) is 40.3 Å². The standard InChI is InChI=1S/C28H31NO9.C27H29NO10.C10H17NO7/c1-4-17(30)28(36)9-14-20(16(10-28)38-18-8-15(29)23(31)12(3)37-18)27(35)22-21(25(14)33)24(32)13-7-5-6-11(2)19(13)26(22)34;1-10-22(31)15(28)6-17(37-10)38-16-8-27(36,11(2)30)7-14-19(16)26(35)21-20(24(14)33)23(32)13-5-3-4-12(9-29)18(13)25(21)34;1-11(4-13)7(14)2-5-8(15)9(16)6(3-12)18-10(5)17/h5-7,12,15-16,18,23,31,33,35-36H,4,8-10,29H2,1-3H3;3-5,10,15-17,22,29,31,33,35-36H,6-9,28H2,1-2H3;4-6,8-10,12,15-17H,2-3H2,1H3/t12?,15?,16-,18?,23?,28-;10?,15-,16+,17+,22-,27+;5-,6-,8-,9-,10-/m011/s1. The fourth-order valence-electron chi connectivity index (χ4n) is 13.5. The molecule has 2 amide bonds. The SMILES string of the molecule is CC(=O)[C@]1(O)Cc2c(O)c3c(c(O)c2[C@@H](O[C@H]2C[C@@H](N)[C@H](O)C(C)O2)C1)C(=O)c1c(CO)cccc1C3=O.CCC(=O)[C@]1(O)Cc2c(O)c3c(c(O)c2[C@@H](OC2CC(N)C(O)C(C)O2)C1)C(=O)c1c(C)cccc1C3=O.CN(C=O)C(=O)C[C@@H]1[C@@H](O)[C@H](O)[C@@H](CO)O[C@H]1O. The summed E-state index contributed by atoms with van der Waals surface area (Å²) >= 11 is 0. The largest absolute Gasteiger partial charge is 0.507 e. The number of aliphatic hydroxyl groups excluding tert-OH is 7. The maximum absolute atomic E-state index is 13.6. The molecule has 3 fully saturated rings. The molecule has 0 radical (unpaired) electrons. The molecule has 0 spiro atoms. The smallest absolute Gasteiger partial charge is 0.229 e. The zero-order valence-corrected chi connectivity index (χ0v) is 52.0. The van der Waals surface area contributed by atoms with Gasteiger partial charge in [0.25, 0.3) is 0 Å². The molecule has 3 saturated heterocycles. The van der Waals surface area contributed by atoms with Crippen molar-refractivity contribution in [3.63, 3.8) is 0 Å². The number of hydrogen-bond donors (Lipinski definition) is 15. The number of amides is 2. The number of fused-ring (bicyclic) bond motifs is 6. The fourth-order valence-corrected chi connectivity index (χ4v) is 13.5. The molecule has 0 aromatic heterocycles. The van der Waals surface area contributed by atoms with Gasteiger partial charge in [0, 0.05) is 121 Å². The number of benzene rings is 4. The highest BCUT2D eigenvalue weighted by molar-refractivity contribution is 6.32. The number of imide groups is 1. The first kappa shape index (κ1) is 70.9. The average Bonchev–Trinajstić information content (AvgIpc) is 0.718. The lowest BCUT2D eigenvalue weighted by molar-refractivity contribution is -0.270. The minimum Gasteiger partial charge on any atom is -0.507 e. The van der Waals surface area contributed by atoms with Gasteiger partial charge in [-0.3, -0.25) is 43.3 Å². The first-order valence-corrected chi connectivity index (χ1v) is 30.4. The molecular formula is C65H77N3O26. The average molecular weight is 1320 g/mol. The Morgan fingerprint density at radius 2 is 1.11 bits per heavy atom. The normalized spacial score (nSPS) is 31.5. The third-order valence-corrected chi connectivity index (χ3v) is 18.9. The van der Waals surface area contributed by atoms with Crippen LogP contribution in [0.25, 0.3) is 0 Å². The molecule has 94 heavy (non-hydrogen) atoms. The van der Waals surface area contributed by atoms with Crippen LogP contribution in [0.3, 0.4) is 0 Å². The second-order valence-electron chi connectivity index (χ2n) is 24.9. The fraction of sp³-hybridized carbons (Fsp3) is 0.508. The van der Waals surface area contributed by atoms with Crippen LogP contribution in [0, 0.1) is 12.8 Å². The van der Waals surface area contributed by atoms with E-state index in [2.05, 4.69) is 0 Å². The first-order chi connectivity index (χ1) is 44.2. The number of aromatic hydroxyl groups is 4. The number of carbonyl (C=O) groups excluding carboxylic acids is 8. The molecule has 17 N–H and O–H groups in total. The van der Waals surface area contributed by atoms with Crippen molar-refractivity contribution in [2.24, 2.45) is 17.4 Å². The summed E-state index contributed by atoms with van der Waals surface area (Å²) in [6, 6.07) is 7.74. The van der Waals surface area contributed by atoms with Crippen molar-refractivity contribution in [2.45, 2.75) is 190 Å². The summed E-state index contributed by atoms with van der Waals surface area (Å²) in [4.78, 5) is 102. The van der Waals surface area contributed by atoms with Crippen LogP contribution in [0.4, 0.5) is 0 Å². The quantitative estimate of drug-likeness (QED) is 0.0530. The molecule has 0 bridgehead atoms. The number of carbonyl (C=O) groups is 8. The molecule has 17 atom stereocenters. The van der Waals surface area contributed by atoms with E-state index >= 15 is 0 Å². The van der Waals surface area contributed by atoms with Crippen LogP contribution < -0.4 is 11.5 Å². The van der Waals surface area contributed by atoms with Crippen LogP contribution in [0.2, 0.25) is 0 Å². The summed E-state index contributed by atoms with van der Waals surface area (Å²) in [6.07, 6.45) is -14.5. The van der Waals surface area contributed by atoms with Gasteiger partial charge in [0.05, 0.1) is 78.2 Å². The lowest BCUT2D eigenvalue weighted by Gasteiger charge is -2.42. The van der Waals surface area contributed by atoms with Gasteiger partial charge in [-0.25, -0.2) is 0 Å². The Labute approximate surface area is 536 Å². The van der Waals surface area contributed by atoms with Crippen molar-refractivity contribution in [1.29, 1.82) is 0 Å². The Balaban J connectivity index is 0.000000177. The van der Waals surface area contributed by atoms with Gasteiger partial charge in [0.1, 0.15) is 46.4 Å². The van der Waals surface area contributed by atoms with Crippen LogP contribution in [0.1, 0.15) is 175 Å². The van der Waals surface area contributed by atoms with Crippen LogP contribution in [-0.4, -0.2) is 217 Å². The summed E-state index contributed by atoms with van der Waals surface area (Å²) in [6.45, 7) is 6.55. The summed E-state index contributed by atoms with van der Waals surface area (Å²) in [5, 5.41) is 136. The van der Waals surface area contributed by atoms with Crippen molar-refractivity contribution >= 4 is 47.0 Å². The van der Waals surface area contributed by atoms with E-state index in [1.807, 2.05) is 0 Å². The van der Waals surface area contributed by atoms with Gasteiger partial charge in [-0.2, -0.15) is 0 Å². The van der Waals surface area contributed by atoms with E-state index in [1.54, 1.807) is 39.8 Å². The topological polar surface area (TPSA) is 501 Å². The van der Waals surface area contributed by atoms with Gasteiger partial charge in [-0.15, -0.1) is 0 Å². The molecule has 4 aromatic rings. The van der Waals surface area contributed by atoms with E-state index in [0.717, 1.165) is 4.90 Å². The Hall–Kier alpha value is -7.40. The number of rotatable bonds is 12. The Bertz CT molecular complexity index is 3700. The number of nitrogens with zero attached hydrogens (tertiary/aromatic N) is 1. The number of ketones is 6. The van der Waals surface area contributed by atoms with Crippen molar-refractivity contribution in [2.75, 3.05) is 13.7 Å². The van der Waals surface area contributed by atoms with E-state index in [9.17, 15) is 99.6 Å². The first-order valence-electron chi connectivity index (χ1n) is 30.4. The van der Waals surface area contributed by atoms with E-state index in [0.29, 0.717) is 12.0 Å². The number of hydrogen-bond acceptors (Lipinski definition) is 28. The third-order valence-electron chi connectivity index (χ3n) is 18.9. The summed E-state index contributed by atoms with van der Waals surface area (Å²) in [7, 11) is 1.24. The van der Waals surface area contributed by atoms with Gasteiger partial charge < -0.3 is 102 Å². The molecule has 3 heterocycles. The summed E-state index contributed by atoms with van der Waals surface area (Å²) in [5.74, 6) is -8.02. The molecule has 4 aliphatic carbocycles. The summed E-state index contributed by atoms with van der Waals surface area (Å²) < 4.78 is 28.5. The predicted molar refractivity (Wildman–Crippen MR) is 320 cm³/mol. The van der Waals surface area contributed by atoms with Crippen LogP contribution >= 0.6 is 0 Å². The molecule has 7 aliphatic rings. The van der Waals surface area contributed by atoms with Crippen molar-refractivity contribution in [3.8, 4) is 23.0 Å². The van der Waals surface area contributed by atoms with Crippen LogP contribution in [0.15, 0.2) is 36.4 Å². The number of Topliss-reactive ketones (excluding diaryl/α,β-unsaturated/α-hetero) is 2. The van der Waals surface area contributed by atoms with Crippen LogP contribution in [0.5, 0.6) is 23.0 Å². The Kier molecular flexibility index (Phi) is 20.6. The highest BCUT2D eigenvalue weighted by Gasteiger charge is 2.53. The zero-order valence-electron chi connectivity index (χ0n) is 52.0. The van der Waals surface area contributed by atoms with Gasteiger partial charge in [0.2, 0.25) is 12.3 Å². The van der Waals surface area contributed by atoms with E-state index in [-0.39, 0.29) is 106 Å². The van der Waals surface area contributed by atoms with E-state index < -0.39 is 197 Å². The molecule has 0 saturated carbocycles. The Morgan fingerprint density at radius 3 is 1.56 bits per heavy atom. The molecule has 508 valence electrons. The van der Waals surface area contributed by atoms with Gasteiger partial charge in [-0.1, -0.05) is 43.3 Å². The number of phenolic OH excluding ortho intramolecular Hbond substituents is 4. The highest BCUT2D eigenvalue weighted by Crippen LogP contribution is 2.54. The minimum atomic E-state index is -2.01. The van der Waals surface area contributed by atoms with Crippen LogP contribution in [-0.2, 0) is 62.3 Å². The van der Waals surface area contributed by atoms with E-state index in [1.165, 1.54) is 38.2 Å². The maximum atomic E-state index is 13.6. The lowest BCUT2D eigenvalue weighted by Crippen LogP contribution is -2.56. The van der Waals surface area contributed by atoms with Gasteiger partial charge in [0.15, 0.2) is 53.6 Å². The second-order valence-corrected chi connectivity index (χ2v) is 24.9. The number of ether oxygens (including phenoxy) is 5. The van der Waals surface area contributed by atoms with Gasteiger partial charge in [-0.05, 0) is 38.8 Å². The van der Waals surface area contributed by atoms with Crippen molar-refractivity contribution < 1.29 is 128 Å². The number of aliphatic hydroxyl groups is 9. The molecule has 4 aromatic carbocycles. The molecule has 11 rings (SSSR count). The predicted octanol–water partition coefficient (Wildman–Crippen LogP) is -0.730. The number of nitrogens with two attached hydrogens (primary N) is 2. The molecule has 29 heteroatoms. The summed E-state index contributed by atoms with van der Waals surface area (Å²) in [5.41, 5.74) is 7.04. The Morgan fingerprint density at radius 1 is 0.649 bits per heavy atom. The highest BCUT2D eigenvalue weighted by atomic mass is 16.7. The zero-order chi connectivity index (χ0) is 69.2. The third kappa shape index (κ3) is 12.6. The van der Waals surface area contributed by atoms with Gasteiger partial charge >= 0.3 is 0 Å². The maximum Gasteiger partial charge on any atom is 0.229 e. The minimum absolute atomic E-state index is 0.00367. The molecule has 5 unspecified atom stereocenters. The van der Waals surface area contributed by atoms with Crippen molar-refractivity contribution in [3.05, 3.63) is 114 Å². The lowest BCUT2D eigenvalue weighted by atomic mass is 9.71. The van der Waals surface area contributed by atoms with Crippen molar-refractivity contribution in [1.82, 2.24) is 4.90 Å². The molecule has 3 aliphatic heterocycles. The molecular weight excluding hydrogens is 1240 g/mol. The molecule has 29 nitrogen and oxygen atoms in total. The monoisotopic (exact) mass is 1320 g/mol. The second kappa shape index (κ2) is 27.4.